The highest BCUT2D eigenvalue weighted by molar-refractivity contribution is 6.00. The van der Waals surface area contributed by atoms with E-state index < -0.39 is 17.4 Å². The normalized spacial score (nSPS) is 10.3. The van der Waals surface area contributed by atoms with Crippen LogP contribution in [-0.4, -0.2) is 28.0 Å². The number of hydrogen-bond acceptors (Lipinski definition) is 10. The smallest absolute Gasteiger partial charge is 0.242 e. The van der Waals surface area contributed by atoms with E-state index in [0.717, 1.165) is 12.1 Å². The largest absolute Gasteiger partial charge is 0.483 e. The lowest BCUT2D eigenvalue weighted by molar-refractivity contribution is 0.265. The van der Waals surface area contributed by atoms with Crippen LogP contribution < -0.4 is 25.8 Å². The third-order valence-electron chi connectivity index (χ3n) is 4.42. The number of anilines is 3. The minimum absolute atomic E-state index is 0.0452. The van der Waals surface area contributed by atoms with Gasteiger partial charge in [0, 0.05) is 29.2 Å². The lowest BCUT2D eigenvalue weighted by atomic mass is 10.1. The summed E-state index contributed by atoms with van der Waals surface area (Å²) in [6.45, 7) is 1.28. The van der Waals surface area contributed by atoms with Gasteiger partial charge in [-0.3, -0.25) is 10.6 Å². The van der Waals surface area contributed by atoms with Crippen LogP contribution in [0, 0.1) is 28.4 Å². The molecule has 10 nitrogen and oxygen atoms in total. The van der Waals surface area contributed by atoms with E-state index in [1.165, 1.54) is 32.5 Å². The van der Waals surface area contributed by atoms with Crippen molar-refractivity contribution in [1.29, 1.82) is 10.7 Å². The summed E-state index contributed by atoms with van der Waals surface area (Å²) in [6.07, 6.45) is 2.61. The van der Waals surface area contributed by atoms with Crippen LogP contribution in [0.4, 0.5) is 26.0 Å². The Morgan fingerprint density at radius 1 is 1.30 bits per heavy atom. The molecule has 1 aromatic carbocycles. The highest BCUT2D eigenvalue weighted by Gasteiger charge is 2.20. The third kappa shape index (κ3) is 5.05. The van der Waals surface area contributed by atoms with Crippen molar-refractivity contribution in [3.05, 3.63) is 65.0 Å². The quantitative estimate of drug-likeness (QED) is 0.295. The molecule has 12 heteroatoms. The zero-order valence-electron chi connectivity index (χ0n) is 17.6. The number of nitrogens with one attached hydrogen (secondary N) is 2. The van der Waals surface area contributed by atoms with Gasteiger partial charge in [-0.15, -0.1) is 0 Å². The Morgan fingerprint density at radius 2 is 2.06 bits per heavy atom. The number of nitrogen functional groups attached to an aromatic ring is 1. The standard InChI is InChI=1S/C21H19F2N7O3/c1-11(25)14-5-13(9-27-20(14)26)10-33-19-15(22)3-4-16(18(19)23)29-30(31)17-6-12(7-24)8-28-21(17)32-2/h3-6,8-9,25,29,31H,10H2,1-2H3,(H2,26,27). The summed E-state index contributed by atoms with van der Waals surface area (Å²) in [5.74, 6) is -2.68. The SMILES string of the molecule is COc1ncc(C#N)cc1N(O)Nc1ccc(F)c(OCc2cnc(N)c(C(C)=N)c2)c1F. The Bertz CT molecular complexity index is 1250. The predicted octanol–water partition coefficient (Wildman–Crippen LogP) is 3.41. The van der Waals surface area contributed by atoms with E-state index in [1.807, 2.05) is 6.07 Å². The van der Waals surface area contributed by atoms with E-state index in [1.54, 1.807) is 6.07 Å². The number of halogens is 2. The van der Waals surface area contributed by atoms with Crippen LogP contribution in [0.2, 0.25) is 0 Å². The first-order valence-corrected chi connectivity index (χ1v) is 9.35. The summed E-state index contributed by atoms with van der Waals surface area (Å²) < 4.78 is 39.6. The van der Waals surface area contributed by atoms with Gasteiger partial charge in [-0.05, 0) is 31.2 Å². The van der Waals surface area contributed by atoms with Gasteiger partial charge in [-0.1, -0.05) is 0 Å². The first kappa shape index (κ1) is 23.2. The van der Waals surface area contributed by atoms with E-state index in [9.17, 15) is 14.0 Å². The number of nitrogens with two attached hydrogens (primary N) is 1. The Hall–Kier alpha value is -4.50. The highest BCUT2D eigenvalue weighted by Crippen LogP contribution is 2.31. The zero-order chi connectivity index (χ0) is 24.1. The number of hydrazine groups is 1. The minimum atomic E-state index is -1.12. The molecule has 0 aliphatic carbocycles. The van der Waals surface area contributed by atoms with Gasteiger partial charge in [0.1, 0.15) is 18.5 Å². The number of methoxy groups -OCH3 is 1. The summed E-state index contributed by atoms with van der Waals surface area (Å²) in [4.78, 5) is 7.83. The number of hydrogen-bond donors (Lipinski definition) is 4. The maximum absolute atomic E-state index is 15.0. The second-order valence-corrected chi connectivity index (χ2v) is 6.72. The van der Waals surface area contributed by atoms with E-state index in [-0.39, 0.29) is 41.0 Å². The van der Waals surface area contributed by atoms with E-state index in [0.29, 0.717) is 16.3 Å². The van der Waals surface area contributed by atoms with Gasteiger partial charge < -0.3 is 20.6 Å². The van der Waals surface area contributed by atoms with Crippen LogP contribution in [0.5, 0.6) is 11.6 Å². The predicted molar refractivity (Wildman–Crippen MR) is 115 cm³/mol. The summed E-state index contributed by atoms with van der Waals surface area (Å²) in [5.41, 5.74) is 8.76. The van der Waals surface area contributed by atoms with Crippen LogP contribution >= 0.6 is 0 Å². The van der Waals surface area contributed by atoms with Crippen molar-refractivity contribution in [2.75, 3.05) is 23.4 Å². The lowest BCUT2D eigenvalue weighted by Gasteiger charge is -2.21. The number of benzene rings is 1. The van der Waals surface area contributed by atoms with Crippen molar-refractivity contribution in [1.82, 2.24) is 9.97 Å². The number of pyridine rings is 2. The maximum atomic E-state index is 15.0. The van der Waals surface area contributed by atoms with Crippen LogP contribution in [0.15, 0.2) is 36.7 Å². The molecule has 0 fully saturated rings. The topological polar surface area (TPSA) is 153 Å². The molecule has 0 amide bonds. The third-order valence-corrected chi connectivity index (χ3v) is 4.42. The molecule has 0 aliphatic heterocycles. The zero-order valence-corrected chi connectivity index (χ0v) is 17.6. The molecule has 0 bridgehead atoms. The van der Waals surface area contributed by atoms with Gasteiger partial charge in [0.15, 0.2) is 23.1 Å². The van der Waals surface area contributed by atoms with E-state index in [2.05, 4.69) is 15.4 Å². The molecule has 33 heavy (non-hydrogen) atoms. The summed E-state index contributed by atoms with van der Waals surface area (Å²) in [5, 5.41) is 27.5. The molecule has 5 N–H and O–H groups in total. The summed E-state index contributed by atoms with van der Waals surface area (Å²) >= 11 is 0. The van der Waals surface area contributed by atoms with Crippen LogP contribution in [0.3, 0.4) is 0 Å². The van der Waals surface area contributed by atoms with Crippen molar-refractivity contribution >= 4 is 22.9 Å². The Labute approximate surface area is 187 Å². The second kappa shape index (κ2) is 9.75. The fourth-order valence-corrected chi connectivity index (χ4v) is 2.79. The Kier molecular flexibility index (Phi) is 6.85. The number of ether oxygens (including phenoxy) is 2. The van der Waals surface area contributed by atoms with Gasteiger partial charge in [-0.2, -0.15) is 10.4 Å². The first-order chi connectivity index (χ1) is 15.7. The van der Waals surface area contributed by atoms with Crippen molar-refractivity contribution < 1.29 is 23.5 Å². The van der Waals surface area contributed by atoms with Gasteiger partial charge in [0.05, 0.1) is 18.4 Å². The van der Waals surface area contributed by atoms with Crippen LogP contribution in [-0.2, 0) is 6.61 Å². The summed E-state index contributed by atoms with van der Waals surface area (Å²) in [7, 11) is 1.30. The molecule has 0 saturated carbocycles. The molecule has 0 unspecified atom stereocenters. The summed E-state index contributed by atoms with van der Waals surface area (Å²) in [6, 6.07) is 6.66. The van der Waals surface area contributed by atoms with Gasteiger partial charge in [0.2, 0.25) is 5.88 Å². The molecule has 0 aliphatic rings. The average Bonchev–Trinajstić information content (AvgIpc) is 2.81. The van der Waals surface area contributed by atoms with E-state index >= 15 is 0 Å². The van der Waals surface area contributed by atoms with Crippen molar-refractivity contribution in [2.45, 2.75) is 13.5 Å². The number of nitrogens with zero attached hydrogens (tertiary/aromatic N) is 4. The molecule has 2 aromatic heterocycles. The molecule has 0 radical (unpaired) electrons. The Morgan fingerprint density at radius 3 is 2.73 bits per heavy atom. The number of nitriles is 1. The molecule has 3 aromatic rings. The molecule has 3 rings (SSSR count). The molecular weight excluding hydrogens is 436 g/mol. The minimum Gasteiger partial charge on any atom is -0.483 e. The fraction of sp³-hybridized carbons (Fsp3) is 0.143. The fourth-order valence-electron chi connectivity index (χ4n) is 2.79. The van der Waals surface area contributed by atoms with Gasteiger partial charge in [-0.25, -0.2) is 18.7 Å². The molecule has 0 spiro atoms. The Balaban J connectivity index is 1.84. The van der Waals surface area contributed by atoms with Gasteiger partial charge in [0.25, 0.3) is 0 Å². The van der Waals surface area contributed by atoms with E-state index in [4.69, 9.17) is 25.9 Å². The number of rotatable bonds is 8. The van der Waals surface area contributed by atoms with Crippen LogP contribution in [0.1, 0.15) is 23.6 Å². The van der Waals surface area contributed by atoms with Gasteiger partial charge >= 0.3 is 0 Å². The highest BCUT2D eigenvalue weighted by atomic mass is 19.1. The second-order valence-electron chi connectivity index (χ2n) is 6.72. The molecule has 170 valence electrons. The molecule has 0 atom stereocenters. The maximum Gasteiger partial charge on any atom is 0.242 e. The molecular formula is C21H19F2N7O3. The average molecular weight is 455 g/mol. The monoisotopic (exact) mass is 455 g/mol. The van der Waals surface area contributed by atoms with Crippen molar-refractivity contribution in [3.63, 3.8) is 0 Å². The van der Waals surface area contributed by atoms with Crippen molar-refractivity contribution in [2.24, 2.45) is 0 Å². The molecule has 0 saturated heterocycles. The first-order valence-electron chi connectivity index (χ1n) is 9.35. The molecule has 2 heterocycles. The van der Waals surface area contributed by atoms with Crippen LogP contribution in [0.25, 0.3) is 0 Å². The number of aromatic nitrogens is 2. The lowest BCUT2D eigenvalue weighted by Crippen LogP contribution is -2.27. The van der Waals surface area contributed by atoms with Crippen molar-refractivity contribution in [3.8, 4) is 17.7 Å².